The fourth-order valence-corrected chi connectivity index (χ4v) is 1.71. The van der Waals surface area contributed by atoms with Crippen LogP contribution in [0, 0.1) is 0 Å². The zero-order valence-corrected chi connectivity index (χ0v) is 10.8. The molecule has 0 heterocycles. The fourth-order valence-electron chi connectivity index (χ4n) is 1.33. The van der Waals surface area contributed by atoms with Gasteiger partial charge in [0.15, 0.2) is 0 Å². The first-order chi connectivity index (χ1) is 7.50. The molecule has 0 spiro atoms. The monoisotopic (exact) mass is 283 g/mol. The number of nitrogens with two attached hydrogens (primary N) is 1. The average Bonchev–Trinajstić information content (AvgIpc) is 2.19. The summed E-state index contributed by atoms with van der Waals surface area (Å²) >= 11 is 3.42. The Morgan fingerprint density at radius 3 is 2.81 bits per heavy atom. The highest BCUT2D eigenvalue weighted by Gasteiger charge is 2.05. The lowest BCUT2D eigenvalue weighted by Crippen LogP contribution is -2.24. The maximum absolute atomic E-state index is 10.5. The smallest absolute Gasteiger partial charge is 0.332 e. The molecule has 0 radical (unpaired) electrons. The maximum Gasteiger partial charge on any atom is 0.332 e. The van der Waals surface area contributed by atoms with Crippen LogP contribution in [0.4, 0.5) is 4.79 Å². The van der Waals surface area contributed by atoms with Gasteiger partial charge in [-0.05, 0) is 29.2 Å². The molecule has 0 aliphatic rings. The summed E-state index contributed by atoms with van der Waals surface area (Å²) in [5.74, 6) is 0.382. The molecule has 0 unspecified atom stereocenters. The molecule has 0 fully saturated rings. The van der Waals surface area contributed by atoms with Gasteiger partial charge in [-0.1, -0.05) is 35.8 Å². The van der Waals surface area contributed by atoms with Gasteiger partial charge in [0.2, 0.25) is 0 Å². The number of urea groups is 1. The van der Waals surface area contributed by atoms with Crippen LogP contribution in [0.1, 0.15) is 30.9 Å². The minimum absolute atomic E-state index is 0.382. The molecule has 1 rings (SSSR count). The molecule has 2 amide bonds. The van der Waals surface area contributed by atoms with Crippen molar-refractivity contribution in [2.75, 3.05) is 0 Å². The number of halogens is 1. The van der Waals surface area contributed by atoms with Gasteiger partial charge in [0.1, 0.15) is 0 Å². The number of carbonyl (C=O) groups excluding carboxylic acids is 1. The van der Waals surface area contributed by atoms with Gasteiger partial charge in [-0.25, -0.2) is 10.2 Å². The number of primary amides is 1. The Morgan fingerprint density at radius 2 is 2.25 bits per heavy atom. The molecule has 0 saturated heterocycles. The quantitative estimate of drug-likeness (QED) is 0.650. The highest BCUT2D eigenvalue weighted by Crippen LogP contribution is 2.22. The van der Waals surface area contributed by atoms with Crippen molar-refractivity contribution < 1.29 is 4.79 Å². The number of carbonyl (C=O) groups is 1. The standard InChI is InChI=1S/C11H14BrN3O/c1-7(2)10-5-9(12)4-3-8(10)6-14-15-11(13)16/h3-7H,1-2H3,(H3,13,15,16). The average molecular weight is 284 g/mol. The van der Waals surface area contributed by atoms with E-state index in [-0.39, 0.29) is 0 Å². The van der Waals surface area contributed by atoms with Gasteiger partial charge in [0.05, 0.1) is 6.21 Å². The minimum Gasteiger partial charge on any atom is -0.350 e. The van der Waals surface area contributed by atoms with Gasteiger partial charge in [0.25, 0.3) is 0 Å². The van der Waals surface area contributed by atoms with Crippen LogP contribution >= 0.6 is 15.9 Å². The van der Waals surface area contributed by atoms with Crippen LogP contribution in [0.2, 0.25) is 0 Å². The van der Waals surface area contributed by atoms with Gasteiger partial charge in [-0.2, -0.15) is 5.10 Å². The first-order valence-corrected chi connectivity index (χ1v) is 5.68. The molecule has 5 heteroatoms. The number of rotatable bonds is 3. The summed E-state index contributed by atoms with van der Waals surface area (Å²) in [6.45, 7) is 4.20. The summed E-state index contributed by atoms with van der Waals surface area (Å²) in [6.07, 6.45) is 1.59. The van der Waals surface area contributed by atoms with Gasteiger partial charge in [-0.15, -0.1) is 0 Å². The van der Waals surface area contributed by atoms with Gasteiger partial charge < -0.3 is 5.73 Å². The molecule has 86 valence electrons. The predicted octanol–water partition coefficient (Wildman–Crippen LogP) is 2.57. The summed E-state index contributed by atoms with van der Waals surface area (Å²) < 4.78 is 1.02. The third kappa shape index (κ3) is 3.66. The second-order valence-electron chi connectivity index (χ2n) is 3.66. The van der Waals surface area contributed by atoms with Crippen molar-refractivity contribution in [1.82, 2.24) is 5.43 Å². The summed E-state index contributed by atoms with van der Waals surface area (Å²) in [4.78, 5) is 10.5. The van der Waals surface area contributed by atoms with Crippen LogP contribution in [-0.2, 0) is 0 Å². The molecule has 1 aromatic carbocycles. The summed E-state index contributed by atoms with van der Waals surface area (Å²) in [5.41, 5.74) is 9.20. The van der Waals surface area contributed by atoms with E-state index in [2.05, 4.69) is 40.3 Å². The molecule has 16 heavy (non-hydrogen) atoms. The van der Waals surface area contributed by atoms with Crippen molar-refractivity contribution in [1.29, 1.82) is 0 Å². The van der Waals surface area contributed by atoms with E-state index in [9.17, 15) is 4.79 Å². The molecular formula is C11H14BrN3O. The van der Waals surface area contributed by atoms with E-state index < -0.39 is 6.03 Å². The number of benzene rings is 1. The molecule has 0 atom stereocenters. The van der Waals surface area contributed by atoms with E-state index >= 15 is 0 Å². The van der Waals surface area contributed by atoms with Crippen molar-refractivity contribution in [2.45, 2.75) is 19.8 Å². The maximum atomic E-state index is 10.5. The van der Waals surface area contributed by atoms with Gasteiger partial charge >= 0.3 is 6.03 Å². The number of hydrogen-bond donors (Lipinski definition) is 2. The Kier molecular flexibility index (Phi) is 4.49. The molecule has 3 N–H and O–H groups in total. The highest BCUT2D eigenvalue weighted by atomic mass is 79.9. The normalized spacial score (nSPS) is 11.0. The molecule has 1 aromatic rings. The van der Waals surface area contributed by atoms with Crippen LogP contribution < -0.4 is 11.2 Å². The first-order valence-electron chi connectivity index (χ1n) is 4.88. The van der Waals surface area contributed by atoms with Crippen LogP contribution in [0.15, 0.2) is 27.8 Å². The lowest BCUT2D eigenvalue weighted by Gasteiger charge is -2.09. The number of nitrogens with zero attached hydrogens (tertiary/aromatic N) is 1. The van der Waals surface area contributed by atoms with E-state index in [0.29, 0.717) is 5.92 Å². The van der Waals surface area contributed by atoms with Crippen molar-refractivity contribution >= 4 is 28.2 Å². The third-order valence-electron chi connectivity index (χ3n) is 2.05. The highest BCUT2D eigenvalue weighted by molar-refractivity contribution is 9.10. The molecular weight excluding hydrogens is 270 g/mol. The second-order valence-corrected chi connectivity index (χ2v) is 4.58. The minimum atomic E-state index is -0.667. The largest absolute Gasteiger partial charge is 0.350 e. The molecule has 0 saturated carbocycles. The molecule has 0 aromatic heterocycles. The zero-order chi connectivity index (χ0) is 12.1. The lowest BCUT2D eigenvalue weighted by molar-refractivity contribution is 0.249. The Morgan fingerprint density at radius 1 is 1.56 bits per heavy atom. The fraction of sp³-hybridized carbons (Fsp3) is 0.273. The van der Waals surface area contributed by atoms with Gasteiger partial charge in [-0.3, -0.25) is 0 Å². The molecule has 0 bridgehead atoms. The van der Waals surface area contributed by atoms with Crippen molar-refractivity contribution in [3.63, 3.8) is 0 Å². The lowest BCUT2D eigenvalue weighted by atomic mass is 9.98. The molecule has 0 aliphatic heterocycles. The molecule has 0 aliphatic carbocycles. The number of hydrogen-bond acceptors (Lipinski definition) is 2. The number of hydrazone groups is 1. The molecule has 4 nitrogen and oxygen atoms in total. The Hall–Kier alpha value is -1.36. The Labute approximate surface area is 103 Å². The third-order valence-corrected chi connectivity index (χ3v) is 2.54. The van der Waals surface area contributed by atoms with Crippen molar-refractivity contribution in [3.8, 4) is 0 Å². The zero-order valence-electron chi connectivity index (χ0n) is 9.20. The van der Waals surface area contributed by atoms with Crippen molar-refractivity contribution in [2.24, 2.45) is 10.8 Å². The van der Waals surface area contributed by atoms with Crippen molar-refractivity contribution in [3.05, 3.63) is 33.8 Å². The summed E-state index contributed by atoms with van der Waals surface area (Å²) in [6, 6.07) is 5.23. The van der Waals surface area contributed by atoms with Crippen LogP contribution in [-0.4, -0.2) is 12.2 Å². The SMILES string of the molecule is CC(C)c1cc(Br)ccc1C=NNC(N)=O. The van der Waals surface area contributed by atoms with E-state index in [1.807, 2.05) is 18.2 Å². The van der Waals surface area contributed by atoms with Crippen LogP contribution in [0.3, 0.4) is 0 Å². The van der Waals surface area contributed by atoms with Gasteiger partial charge in [0, 0.05) is 4.47 Å². The number of nitrogens with one attached hydrogen (secondary N) is 1. The predicted molar refractivity (Wildman–Crippen MR) is 68.5 cm³/mol. The van der Waals surface area contributed by atoms with Crippen LogP contribution in [0.25, 0.3) is 0 Å². The topological polar surface area (TPSA) is 67.5 Å². The summed E-state index contributed by atoms with van der Waals surface area (Å²) in [7, 11) is 0. The summed E-state index contributed by atoms with van der Waals surface area (Å²) in [5, 5.41) is 3.75. The Bertz CT molecular complexity index is 416. The number of amides is 2. The van der Waals surface area contributed by atoms with E-state index in [1.165, 1.54) is 0 Å². The first kappa shape index (κ1) is 12.7. The van der Waals surface area contributed by atoms with E-state index in [1.54, 1.807) is 6.21 Å². The van der Waals surface area contributed by atoms with E-state index in [0.717, 1.165) is 15.6 Å². The van der Waals surface area contributed by atoms with E-state index in [4.69, 9.17) is 5.73 Å². The van der Waals surface area contributed by atoms with Crippen LogP contribution in [0.5, 0.6) is 0 Å². The second kappa shape index (κ2) is 5.65. The Balaban J connectivity index is 2.94.